The number of hydrogen-bond donors (Lipinski definition) is 3. The summed E-state index contributed by atoms with van der Waals surface area (Å²) in [6.45, 7) is 2.33. The van der Waals surface area contributed by atoms with Gasteiger partial charge in [0.1, 0.15) is 17.7 Å². The second-order valence-electron chi connectivity index (χ2n) is 8.20. The first kappa shape index (κ1) is 19.7. The molecule has 9 heteroatoms. The molecule has 4 rings (SSSR count). The van der Waals surface area contributed by atoms with Crippen LogP contribution in [0.25, 0.3) is 0 Å². The first-order valence-electron chi connectivity index (χ1n) is 9.54. The third-order valence-electron chi connectivity index (χ3n) is 6.95. The number of fused-ring (bicyclic) bond motifs is 3. The average Bonchev–Trinajstić information content (AvgIpc) is 2.96. The lowest BCUT2D eigenvalue weighted by molar-refractivity contribution is -0.170. The van der Waals surface area contributed by atoms with Gasteiger partial charge >= 0.3 is 0 Å². The molecule has 2 heterocycles. The zero-order valence-electron chi connectivity index (χ0n) is 15.8. The Kier molecular flexibility index (Phi) is 5.12. The SMILES string of the molecule is COC1CC(OC)C2C(=O)[C@@]3(OC2C1Cl)C1NC(N)NCC1C(=O)C[C@H]3C. The number of carbonyl (C=O) groups excluding carboxylic acids is 2. The monoisotopic (exact) mass is 401 g/mol. The topological polar surface area (TPSA) is 112 Å². The molecule has 0 amide bonds. The van der Waals surface area contributed by atoms with Crippen LogP contribution in [0.2, 0.25) is 0 Å². The van der Waals surface area contributed by atoms with E-state index in [2.05, 4.69) is 10.6 Å². The van der Waals surface area contributed by atoms with Gasteiger partial charge in [-0.1, -0.05) is 6.92 Å². The van der Waals surface area contributed by atoms with Gasteiger partial charge in [0, 0.05) is 45.4 Å². The molecule has 0 aromatic rings. The maximum Gasteiger partial charge on any atom is 0.174 e. The molecule has 27 heavy (non-hydrogen) atoms. The molecule has 0 aromatic carbocycles. The van der Waals surface area contributed by atoms with Crippen LogP contribution in [0.15, 0.2) is 0 Å². The van der Waals surface area contributed by atoms with Crippen molar-refractivity contribution in [2.75, 3.05) is 20.8 Å². The van der Waals surface area contributed by atoms with Crippen molar-refractivity contribution in [1.29, 1.82) is 0 Å². The molecule has 8 nitrogen and oxygen atoms in total. The van der Waals surface area contributed by atoms with E-state index >= 15 is 0 Å². The molecular formula is C18H28ClN3O5. The highest BCUT2D eigenvalue weighted by molar-refractivity contribution is 6.22. The standard InChI is InChI=1S/C18H28ClN3O5/c1-7-4-9(23)8-6-21-17(20)22-15(8)18(7)16(24)12-10(25-2)5-11(26-3)13(19)14(12)27-18/h7-8,10-15,17,21-22H,4-6,20H2,1-3H3/t7-,8?,10?,11?,12?,13?,14?,15?,17?,18+/m1/s1. The molecule has 4 aliphatic rings. The Morgan fingerprint density at radius 3 is 2.63 bits per heavy atom. The first-order valence-corrected chi connectivity index (χ1v) is 9.98. The Morgan fingerprint density at radius 2 is 1.96 bits per heavy atom. The van der Waals surface area contributed by atoms with E-state index < -0.39 is 35.3 Å². The summed E-state index contributed by atoms with van der Waals surface area (Å²) in [5.41, 5.74) is 4.89. The largest absolute Gasteiger partial charge is 0.380 e. The molecule has 0 aromatic heterocycles. The number of hydrogen-bond acceptors (Lipinski definition) is 8. The number of rotatable bonds is 2. The molecule has 2 aliphatic heterocycles. The van der Waals surface area contributed by atoms with E-state index in [9.17, 15) is 9.59 Å². The van der Waals surface area contributed by atoms with Gasteiger partial charge in [0.15, 0.2) is 5.78 Å². The highest BCUT2D eigenvalue weighted by Crippen LogP contribution is 2.52. The molecule has 10 atom stereocenters. The summed E-state index contributed by atoms with van der Waals surface area (Å²) in [6.07, 6.45) is -0.794. The van der Waals surface area contributed by atoms with E-state index in [4.69, 9.17) is 31.5 Å². The third kappa shape index (κ3) is 2.73. The molecule has 2 aliphatic carbocycles. The van der Waals surface area contributed by atoms with Crippen molar-refractivity contribution in [1.82, 2.24) is 10.6 Å². The number of nitrogens with two attached hydrogens (primary N) is 1. The number of methoxy groups -OCH3 is 2. The van der Waals surface area contributed by atoms with Crippen molar-refractivity contribution < 1.29 is 23.8 Å². The van der Waals surface area contributed by atoms with Crippen LogP contribution in [0, 0.1) is 17.8 Å². The molecule has 2 saturated carbocycles. The molecule has 2 saturated heterocycles. The lowest BCUT2D eigenvalue weighted by Crippen LogP contribution is -2.75. The van der Waals surface area contributed by atoms with E-state index in [-0.39, 0.29) is 35.6 Å². The van der Waals surface area contributed by atoms with Crippen LogP contribution in [0.4, 0.5) is 0 Å². The quantitative estimate of drug-likeness (QED) is 0.525. The smallest absolute Gasteiger partial charge is 0.174 e. The van der Waals surface area contributed by atoms with Crippen LogP contribution in [0.5, 0.6) is 0 Å². The van der Waals surface area contributed by atoms with Gasteiger partial charge < -0.3 is 19.9 Å². The lowest BCUT2D eigenvalue weighted by Gasteiger charge is -2.51. The number of nitrogens with one attached hydrogen (secondary N) is 2. The van der Waals surface area contributed by atoms with Gasteiger partial charge in [-0.15, -0.1) is 11.6 Å². The fourth-order valence-corrected chi connectivity index (χ4v) is 5.97. The third-order valence-corrected chi connectivity index (χ3v) is 7.48. The van der Waals surface area contributed by atoms with Crippen LogP contribution >= 0.6 is 11.6 Å². The Labute approximate surface area is 163 Å². The predicted octanol–water partition coefficient (Wildman–Crippen LogP) is -0.621. The summed E-state index contributed by atoms with van der Waals surface area (Å²) in [5, 5.41) is 5.81. The molecule has 4 N–H and O–H groups in total. The average molecular weight is 402 g/mol. The number of carbonyl (C=O) groups is 2. The second-order valence-corrected chi connectivity index (χ2v) is 8.71. The molecule has 0 radical (unpaired) electrons. The van der Waals surface area contributed by atoms with Crippen molar-refractivity contribution in [3.63, 3.8) is 0 Å². The molecular weight excluding hydrogens is 374 g/mol. The Hall–Kier alpha value is -0.610. The minimum atomic E-state index is -1.14. The number of ether oxygens (including phenoxy) is 3. The maximum absolute atomic E-state index is 13.8. The Morgan fingerprint density at radius 1 is 1.26 bits per heavy atom. The number of alkyl halides is 1. The highest BCUT2D eigenvalue weighted by atomic mass is 35.5. The summed E-state index contributed by atoms with van der Waals surface area (Å²) in [7, 11) is 3.20. The lowest BCUT2D eigenvalue weighted by atomic mass is 9.63. The van der Waals surface area contributed by atoms with E-state index in [1.807, 2.05) is 6.92 Å². The minimum Gasteiger partial charge on any atom is -0.380 e. The van der Waals surface area contributed by atoms with Crippen molar-refractivity contribution in [3.05, 3.63) is 0 Å². The Balaban J connectivity index is 1.75. The van der Waals surface area contributed by atoms with E-state index in [1.54, 1.807) is 14.2 Å². The fraction of sp³-hybridized carbons (Fsp3) is 0.889. The normalized spacial score (nSPS) is 52.7. The van der Waals surface area contributed by atoms with Gasteiger partial charge in [-0.3, -0.25) is 20.2 Å². The van der Waals surface area contributed by atoms with Crippen molar-refractivity contribution in [2.45, 2.75) is 61.4 Å². The molecule has 8 unspecified atom stereocenters. The van der Waals surface area contributed by atoms with Crippen LogP contribution in [0.3, 0.4) is 0 Å². The van der Waals surface area contributed by atoms with Gasteiger partial charge in [0.25, 0.3) is 0 Å². The van der Waals surface area contributed by atoms with Crippen LogP contribution in [0.1, 0.15) is 19.8 Å². The van der Waals surface area contributed by atoms with Gasteiger partial charge in [0.05, 0.1) is 35.6 Å². The summed E-state index contributed by atoms with van der Waals surface area (Å²) >= 11 is 6.67. The first-order chi connectivity index (χ1) is 12.8. The Bertz CT molecular complexity index is 636. The summed E-state index contributed by atoms with van der Waals surface area (Å²) < 4.78 is 17.7. The van der Waals surface area contributed by atoms with Crippen LogP contribution in [-0.4, -0.2) is 74.0 Å². The van der Waals surface area contributed by atoms with Crippen LogP contribution in [-0.2, 0) is 23.8 Å². The maximum atomic E-state index is 13.8. The van der Waals surface area contributed by atoms with Gasteiger partial charge in [0.2, 0.25) is 0 Å². The minimum absolute atomic E-state index is 0.0313. The summed E-state index contributed by atoms with van der Waals surface area (Å²) in [5.74, 6) is -1.02. The van der Waals surface area contributed by atoms with E-state index in [1.165, 1.54) is 0 Å². The number of ketones is 2. The summed E-state index contributed by atoms with van der Waals surface area (Å²) in [4.78, 5) is 26.4. The van der Waals surface area contributed by atoms with Crippen molar-refractivity contribution in [2.24, 2.45) is 23.5 Å². The van der Waals surface area contributed by atoms with Gasteiger partial charge in [-0.25, -0.2) is 0 Å². The highest BCUT2D eigenvalue weighted by Gasteiger charge is 2.69. The van der Waals surface area contributed by atoms with Crippen LogP contribution < -0.4 is 16.4 Å². The predicted molar refractivity (Wildman–Crippen MR) is 97.1 cm³/mol. The van der Waals surface area contributed by atoms with E-state index in [0.29, 0.717) is 19.4 Å². The second kappa shape index (κ2) is 7.02. The molecule has 4 fully saturated rings. The molecule has 0 bridgehead atoms. The van der Waals surface area contributed by atoms with E-state index in [0.717, 1.165) is 0 Å². The van der Waals surface area contributed by atoms with Gasteiger partial charge in [-0.05, 0) is 0 Å². The van der Waals surface area contributed by atoms with Crippen molar-refractivity contribution >= 4 is 23.2 Å². The van der Waals surface area contributed by atoms with Gasteiger partial charge in [-0.2, -0.15) is 0 Å². The zero-order valence-corrected chi connectivity index (χ0v) is 16.6. The number of Topliss-reactive ketones (excluding diaryl/α,β-unsaturated/α-hetero) is 2. The molecule has 1 spiro atoms. The van der Waals surface area contributed by atoms with Crippen molar-refractivity contribution in [3.8, 4) is 0 Å². The zero-order chi connectivity index (χ0) is 19.5. The molecule has 152 valence electrons. The summed E-state index contributed by atoms with van der Waals surface area (Å²) in [6, 6.07) is -0.481. The number of halogens is 1. The fourth-order valence-electron chi connectivity index (χ4n) is 5.56.